The molecule has 0 atom stereocenters. The lowest BCUT2D eigenvalue weighted by Gasteiger charge is -2.07. The Labute approximate surface area is 129 Å². The second-order valence-corrected chi connectivity index (χ2v) is 5.45. The van der Waals surface area contributed by atoms with Gasteiger partial charge in [-0.15, -0.1) is 0 Å². The summed E-state index contributed by atoms with van der Waals surface area (Å²) in [7, 11) is 1.67. The standard InChI is InChI=1S/C17H19N3O2/c1-12(2)17-19-15(11-22-17)16-18-8-9-20(16)10-13-4-6-14(21-3)7-5-13/h4-9,11-12H,10H2,1-3H3. The third-order valence-corrected chi connectivity index (χ3v) is 3.47. The lowest BCUT2D eigenvalue weighted by molar-refractivity contribution is 0.414. The topological polar surface area (TPSA) is 53.1 Å². The van der Waals surface area contributed by atoms with Crippen LogP contribution in [-0.4, -0.2) is 21.6 Å². The Bertz CT molecular complexity index is 741. The lowest BCUT2D eigenvalue weighted by atomic mass is 10.2. The van der Waals surface area contributed by atoms with Gasteiger partial charge in [0.25, 0.3) is 0 Å². The van der Waals surface area contributed by atoms with Gasteiger partial charge in [-0.05, 0) is 17.7 Å². The van der Waals surface area contributed by atoms with Crippen molar-refractivity contribution in [2.24, 2.45) is 0 Å². The van der Waals surface area contributed by atoms with Crippen molar-refractivity contribution in [3.05, 3.63) is 54.4 Å². The average Bonchev–Trinajstić information content (AvgIpc) is 3.16. The molecule has 0 saturated heterocycles. The van der Waals surface area contributed by atoms with Gasteiger partial charge in [0.05, 0.1) is 7.11 Å². The van der Waals surface area contributed by atoms with E-state index in [9.17, 15) is 0 Å². The first kappa shape index (κ1) is 14.4. The van der Waals surface area contributed by atoms with E-state index in [1.807, 2.05) is 30.5 Å². The Kier molecular flexibility index (Phi) is 3.96. The van der Waals surface area contributed by atoms with Crippen LogP contribution in [0, 0.1) is 0 Å². The molecule has 0 unspecified atom stereocenters. The number of nitrogens with zero attached hydrogens (tertiary/aromatic N) is 3. The first-order chi connectivity index (χ1) is 10.7. The summed E-state index contributed by atoms with van der Waals surface area (Å²) in [5.41, 5.74) is 1.94. The van der Waals surface area contributed by atoms with Crippen molar-refractivity contribution < 1.29 is 9.15 Å². The zero-order chi connectivity index (χ0) is 15.5. The van der Waals surface area contributed by atoms with Crippen molar-refractivity contribution in [2.75, 3.05) is 7.11 Å². The van der Waals surface area contributed by atoms with Gasteiger partial charge >= 0.3 is 0 Å². The number of hydrogen-bond donors (Lipinski definition) is 0. The zero-order valence-corrected chi connectivity index (χ0v) is 13.0. The van der Waals surface area contributed by atoms with Crippen LogP contribution in [0.1, 0.15) is 31.2 Å². The molecule has 2 heterocycles. The van der Waals surface area contributed by atoms with Gasteiger partial charge in [-0.25, -0.2) is 9.97 Å². The van der Waals surface area contributed by atoms with Crippen LogP contribution >= 0.6 is 0 Å². The van der Waals surface area contributed by atoms with E-state index in [4.69, 9.17) is 9.15 Å². The zero-order valence-electron chi connectivity index (χ0n) is 13.0. The molecular weight excluding hydrogens is 278 g/mol. The number of aromatic nitrogens is 3. The largest absolute Gasteiger partial charge is 0.497 e. The maximum Gasteiger partial charge on any atom is 0.197 e. The number of methoxy groups -OCH3 is 1. The molecule has 0 saturated carbocycles. The fourth-order valence-electron chi connectivity index (χ4n) is 2.25. The van der Waals surface area contributed by atoms with E-state index in [0.717, 1.165) is 29.7 Å². The Morgan fingerprint density at radius 3 is 2.64 bits per heavy atom. The number of benzene rings is 1. The highest BCUT2D eigenvalue weighted by molar-refractivity contribution is 5.48. The van der Waals surface area contributed by atoms with Gasteiger partial charge in [-0.3, -0.25) is 0 Å². The Morgan fingerprint density at radius 2 is 2.00 bits per heavy atom. The number of ether oxygens (including phenoxy) is 1. The molecule has 3 rings (SSSR count). The maximum absolute atomic E-state index is 5.50. The summed E-state index contributed by atoms with van der Waals surface area (Å²) >= 11 is 0. The smallest absolute Gasteiger partial charge is 0.197 e. The molecule has 5 heteroatoms. The van der Waals surface area contributed by atoms with E-state index in [2.05, 4.69) is 28.4 Å². The first-order valence-corrected chi connectivity index (χ1v) is 7.27. The van der Waals surface area contributed by atoms with Crippen LogP contribution in [0.3, 0.4) is 0 Å². The summed E-state index contributed by atoms with van der Waals surface area (Å²) in [5, 5.41) is 0. The van der Waals surface area contributed by atoms with Gasteiger partial charge in [-0.2, -0.15) is 0 Å². The summed E-state index contributed by atoms with van der Waals surface area (Å²) in [4.78, 5) is 8.92. The van der Waals surface area contributed by atoms with Crippen molar-refractivity contribution in [1.82, 2.24) is 14.5 Å². The van der Waals surface area contributed by atoms with Crippen LogP contribution in [-0.2, 0) is 6.54 Å². The highest BCUT2D eigenvalue weighted by atomic mass is 16.5. The predicted octanol–water partition coefficient (Wildman–Crippen LogP) is 3.72. The summed E-state index contributed by atoms with van der Waals surface area (Å²) in [6, 6.07) is 8.01. The van der Waals surface area contributed by atoms with Gasteiger partial charge in [0.15, 0.2) is 11.7 Å². The molecule has 0 aliphatic rings. The molecule has 0 bridgehead atoms. The minimum absolute atomic E-state index is 0.263. The van der Waals surface area contributed by atoms with Gasteiger partial charge < -0.3 is 13.7 Å². The van der Waals surface area contributed by atoms with E-state index < -0.39 is 0 Å². The Balaban J connectivity index is 1.84. The first-order valence-electron chi connectivity index (χ1n) is 7.27. The van der Waals surface area contributed by atoms with E-state index >= 15 is 0 Å². The van der Waals surface area contributed by atoms with E-state index in [1.54, 1.807) is 19.6 Å². The van der Waals surface area contributed by atoms with E-state index in [-0.39, 0.29) is 5.92 Å². The third-order valence-electron chi connectivity index (χ3n) is 3.47. The molecule has 0 spiro atoms. The molecule has 0 radical (unpaired) electrons. The summed E-state index contributed by atoms with van der Waals surface area (Å²) in [5.74, 6) is 2.66. The van der Waals surface area contributed by atoms with Crippen LogP contribution in [0.4, 0.5) is 0 Å². The van der Waals surface area contributed by atoms with Crippen LogP contribution in [0.2, 0.25) is 0 Å². The molecular formula is C17H19N3O2. The maximum atomic E-state index is 5.50. The molecule has 1 aromatic carbocycles. The lowest BCUT2D eigenvalue weighted by Crippen LogP contribution is -2.01. The average molecular weight is 297 g/mol. The fourth-order valence-corrected chi connectivity index (χ4v) is 2.25. The molecule has 0 fully saturated rings. The number of hydrogen-bond acceptors (Lipinski definition) is 4. The molecule has 5 nitrogen and oxygen atoms in total. The van der Waals surface area contributed by atoms with Crippen molar-refractivity contribution in [3.8, 4) is 17.3 Å². The summed E-state index contributed by atoms with van der Waals surface area (Å²) in [6.07, 6.45) is 5.40. The monoisotopic (exact) mass is 297 g/mol. The second kappa shape index (κ2) is 6.05. The highest BCUT2D eigenvalue weighted by Gasteiger charge is 2.13. The van der Waals surface area contributed by atoms with E-state index in [0.29, 0.717) is 0 Å². The summed E-state index contributed by atoms with van der Waals surface area (Å²) in [6.45, 7) is 4.84. The SMILES string of the molecule is COc1ccc(Cn2ccnc2-c2coc(C(C)C)n2)cc1. The number of oxazole rings is 1. The second-order valence-electron chi connectivity index (χ2n) is 5.45. The molecule has 0 N–H and O–H groups in total. The normalized spacial score (nSPS) is 11.1. The quantitative estimate of drug-likeness (QED) is 0.720. The molecule has 2 aromatic heterocycles. The van der Waals surface area contributed by atoms with Crippen LogP contribution in [0.15, 0.2) is 47.3 Å². The van der Waals surface area contributed by atoms with Crippen LogP contribution < -0.4 is 4.74 Å². The number of imidazole rings is 1. The van der Waals surface area contributed by atoms with Crippen molar-refractivity contribution in [1.29, 1.82) is 0 Å². The Morgan fingerprint density at radius 1 is 1.23 bits per heavy atom. The summed E-state index contributed by atoms with van der Waals surface area (Å²) < 4.78 is 12.7. The van der Waals surface area contributed by atoms with Crippen molar-refractivity contribution >= 4 is 0 Å². The van der Waals surface area contributed by atoms with Crippen molar-refractivity contribution in [2.45, 2.75) is 26.3 Å². The van der Waals surface area contributed by atoms with Gasteiger partial charge in [-0.1, -0.05) is 26.0 Å². The van der Waals surface area contributed by atoms with Gasteiger partial charge in [0.2, 0.25) is 0 Å². The molecule has 114 valence electrons. The molecule has 22 heavy (non-hydrogen) atoms. The van der Waals surface area contributed by atoms with Crippen molar-refractivity contribution in [3.63, 3.8) is 0 Å². The number of rotatable bonds is 5. The Hall–Kier alpha value is -2.56. The fraction of sp³-hybridized carbons (Fsp3) is 0.294. The molecule has 0 aliphatic heterocycles. The molecule has 0 aliphatic carbocycles. The highest BCUT2D eigenvalue weighted by Crippen LogP contribution is 2.22. The predicted molar refractivity (Wildman–Crippen MR) is 83.9 cm³/mol. The van der Waals surface area contributed by atoms with Crippen LogP contribution in [0.5, 0.6) is 5.75 Å². The molecule has 0 amide bonds. The third kappa shape index (κ3) is 2.88. The van der Waals surface area contributed by atoms with Gasteiger partial charge in [0.1, 0.15) is 17.7 Å². The van der Waals surface area contributed by atoms with E-state index in [1.165, 1.54) is 5.56 Å². The minimum atomic E-state index is 0.263. The van der Waals surface area contributed by atoms with Crippen LogP contribution in [0.25, 0.3) is 11.5 Å². The van der Waals surface area contributed by atoms with Gasteiger partial charge in [0, 0.05) is 24.9 Å². The minimum Gasteiger partial charge on any atom is -0.497 e. The molecule has 3 aromatic rings.